The Balaban J connectivity index is 1.88. The molecule has 0 aromatic rings. The molecule has 96 valence electrons. The smallest absolute Gasteiger partial charge is 0.308 e. The second kappa shape index (κ2) is 5.52. The summed E-state index contributed by atoms with van der Waals surface area (Å²) in [6, 6.07) is 0. The molecule has 2 aliphatic rings. The molecule has 0 aromatic carbocycles. The number of nitrogens with zero attached hydrogens (tertiary/aromatic N) is 1. The van der Waals surface area contributed by atoms with Crippen LogP contribution in [0.1, 0.15) is 44.9 Å². The quantitative estimate of drug-likeness (QED) is 0.818. The van der Waals surface area contributed by atoms with Crippen molar-refractivity contribution in [2.24, 2.45) is 11.8 Å². The molecule has 1 N–H and O–H groups in total. The highest BCUT2D eigenvalue weighted by Gasteiger charge is 2.31. The third kappa shape index (κ3) is 3.20. The molecule has 1 saturated heterocycles. The SMILES string of the molecule is O=C(O)[C@@H]1CCC(=O)N(CC2CCCCC2)C1. The average Bonchev–Trinajstić information content (AvgIpc) is 2.33. The standard InChI is InChI=1S/C13H21NO3/c15-12-7-6-11(13(16)17)9-14(12)8-10-4-2-1-3-5-10/h10-11H,1-9H2,(H,16,17)/t11-/m1/s1. The summed E-state index contributed by atoms with van der Waals surface area (Å²) < 4.78 is 0. The van der Waals surface area contributed by atoms with Gasteiger partial charge in [-0.05, 0) is 25.2 Å². The van der Waals surface area contributed by atoms with E-state index in [1.807, 2.05) is 0 Å². The third-order valence-electron chi connectivity index (χ3n) is 4.05. The molecule has 0 radical (unpaired) electrons. The van der Waals surface area contributed by atoms with Crippen LogP contribution in [0.25, 0.3) is 0 Å². The lowest BCUT2D eigenvalue weighted by atomic mass is 9.88. The first kappa shape index (κ1) is 12.4. The van der Waals surface area contributed by atoms with E-state index in [-0.39, 0.29) is 11.8 Å². The Morgan fingerprint density at radius 3 is 2.59 bits per heavy atom. The number of carbonyl (C=O) groups excluding carboxylic acids is 1. The number of carbonyl (C=O) groups is 2. The Morgan fingerprint density at radius 1 is 1.24 bits per heavy atom. The van der Waals surface area contributed by atoms with Crippen molar-refractivity contribution in [2.75, 3.05) is 13.1 Å². The van der Waals surface area contributed by atoms with E-state index >= 15 is 0 Å². The zero-order valence-electron chi connectivity index (χ0n) is 10.2. The van der Waals surface area contributed by atoms with E-state index in [0.29, 0.717) is 25.3 Å². The molecule has 1 saturated carbocycles. The zero-order chi connectivity index (χ0) is 12.3. The predicted octanol–water partition coefficient (Wildman–Crippen LogP) is 1.89. The van der Waals surface area contributed by atoms with Crippen LogP contribution in [0.3, 0.4) is 0 Å². The number of aliphatic carboxylic acids is 1. The molecule has 1 aliphatic heterocycles. The molecule has 1 atom stereocenters. The summed E-state index contributed by atoms with van der Waals surface area (Å²) in [6.07, 6.45) is 7.13. The Labute approximate surface area is 102 Å². The minimum atomic E-state index is -0.758. The second-order valence-electron chi connectivity index (χ2n) is 5.38. The molecule has 0 aromatic heterocycles. The molecular formula is C13H21NO3. The van der Waals surface area contributed by atoms with Crippen molar-refractivity contribution < 1.29 is 14.7 Å². The fourth-order valence-electron chi connectivity index (χ4n) is 2.97. The molecule has 2 fully saturated rings. The van der Waals surface area contributed by atoms with Crippen LogP contribution in [-0.4, -0.2) is 35.0 Å². The van der Waals surface area contributed by atoms with Crippen LogP contribution >= 0.6 is 0 Å². The highest BCUT2D eigenvalue weighted by Crippen LogP contribution is 2.26. The highest BCUT2D eigenvalue weighted by molar-refractivity contribution is 5.80. The number of piperidine rings is 1. The summed E-state index contributed by atoms with van der Waals surface area (Å²) in [6.45, 7) is 1.20. The lowest BCUT2D eigenvalue weighted by molar-refractivity contribution is -0.147. The second-order valence-corrected chi connectivity index (χ2v) is 5.38. The normalized spacial score (nSPS) is 27.2. The van der Waals surface area contributed by atoms with Crippen LogP contribution in [0.5, 0.6) is 0 Å². The molecule has 0 spiro atoms. The summed E-state index contributed by atoms with van der Waals surface area (Å²) in [4.78, 5) is 24.5. The van der Waals surface area contributed by atoms with Crippen LogP contribution in [0.4, 0.5) is 0 Å². The van der Waals surface area contributed by atoms with Gasteiger partial charge in [-0.25, -0.2) is 0 Å². The van der Waals surface area contributed by atoms with E-state index in [2.05, 4.69) is 0 Å². The van der Waals surface area contributed by atoms with Gasteiger partial charge in [0.25, 0.3) is 0 Å². The topological polar surface area (TPSA) is 57.6 Å². The van der Waals surface area contributed by atoms with Crippen LogP contribution in [0, 0.1) is 11.8 Å². The highest BCUT2D eigenvalue weighted by atomic mass is 16.4. The van der Waals surface area contributed by atoms with E-state index in [4.69, 9.17) is 5.11 Å². The van der Waals surface area contributed by atoms with E-state index in [9.17, 15) is 9.59 Å². The summed E-state index contributed by atoms with van der Waals surface area (Å²) in [5.74, 6) is -0.365. The summed E-state index contributed by atoms with van der Waals surface area (Å²) in [5, 5.41) is 9.01. The number of carboxylic acid groups (broad SMARTS) is 1. The van der Waals surface area contributed by atoms with Crippen molar-refractivity contribution >= 4 is 11.9 Å². The first-order chi connectivity index (χ1) is 8.16. The number of rotatable bonds is 3. The van der Waals surface area contributed by atoms with Crippen molar-refractivity contribution in [3.05, 3.63) is 0 Å². The van der Waals surface area contributed by atoms with Gasteiger partial charge < -0.3 is 10.0 Å². The maximum atomic E-state index is 11.8. The molecule has 1 aliphatic carbocycles. The molecular weight excluding hydrogens is 218 g/mol. The maximum Gasteiger partial charge on any atom is 0.308 e. The number of likely N-dealkylation sites (tertiary alicyclic amines) is 1. The zero-order valence-corrected chi connectivity index (χ0v) is 10.2. The van der Waals surface area contributed by atoms with Crippen LogP contribution in [-0.2, 0) is 9.59 Å². The Kier molecular flexibility index (Phi) is 4.02. The van der Waals surface area contributed by atoms with E-state index in [1.54, 1.807) is 4.90 Å². The molecule has 0 bridgehead atoms. The Bertz CT molecular complexity index is 297. The Hall–Kier alpha value is -1.06. The number of hydrogen-bond donors (Lipinski definition) is 1. The van der Waals surface area contributed by atoms with E-state index in [1.165, 1.54) is 32.1 Å². The van der Waals surface area contributed by atoms with Crippen molar-refractivity contribution in [1.29, 1.82) is 0 Å². The fourth-order valence-corrected chi connectivity index (χ4v) is 2.97. The lowest BCUT2D eigenvalue weighted by Gasteiger charge is -2.34. The van der Waals surface area contributed by atoms with Gasteiger partial charge in [0, 0.05) is 19.5 Å². The molecule has 1 heterocycles. The van der Waals surface area contributed by atoms with E-state index in [0.717, 1.165) is 6.54 Å². The van der Waals surface area contributed by atoms with Crippen LogP contribution in [0.2, 0.25) is 0 Å². The van der Waals surface area contributed by atoms with Crippen LogP contribution in [0.15, 0.2) is 0 Å². The molecule has 4 nitrogen and oxygen atoms in total. The van der Waals surface area contributed by atoms with Crippen molar-refractivity contribution in [3.8, 4) is 0 Å². The lowest BCUT2D eigenvalue weighted by Crippen LogP contribution is -2.44. The first-order valence-corrected chi connectivity index (χ1v) is 6.67. The molecule has 1 amide bonds. The number of hydrogen-bond acceptors (Lipinski definition) is 2. The number of amides is 1. The summed E-state index contributed by atoms with van der Waals surface area (Å²) >= 11 is 0. The monoisotopic (exact) mass is 239 g/mol. The van der Waals surface area contributed by atoms with Gasteiger partial charge in [0.05, 0.1) is 5.92 Å². The largest absolute Gasteiger partial charge is 0.481 e. The van der Waals surface area contributed by atoms with Crippen LogP contribution < -0.4 is 0 Å². The minimum absolute atomic E-state index is 0.146. The predicted molar refractivity (Wildman–Crippen MR) is 63.5 cm³/mol. The molecule has 2 rings (SSSR count). The Morgan fingerprint density at radius 2 is 1.94 bits per heavy atom. The van der Waals surface area contributed by atoms with Crippen molar-refractivity contribution in [1.82, 2.24) is 4.90 Å². The molecule has 4 heteroatoms. The third-order valence-corrected chi connectivity index (χ3v) is 4.05. The van der Waals surface area contributed by atoms with Crippen molar-refractivity contribution in [2.45, 2.75) is 44.9 Å². The van der Waals surface area contributed by atoms with Gasteiger partial charge >= 0.3 is 5.97 Å². The minimum Gasteiger partial charge on any atom is -0.481 e. The fraction of sp³-hybridized carbons (Fsp3) is 0.846. The summed E-state index contributed by atoms with van der Waals surface area (Å²) in [5.41, 5.74) is 0. The molecule has 0 unspecified atom stereocenters. The van der Waals surface area contributed by atoms with Gasteiger partial charge in [-0.3, -0.25) is 9.59 Å². The number of carboxylic acids is 1. The van der Waals surface area contributed by atoms with Gasteiger partial charge in [0.1, 0.15) is 0 Å². The van der Waals surface area contributed by atoms with Gasteiger partial charge in [0.2, 0.25) is 5.91 Å². The van der Waals surface area contributed by atoms with Gasteiger partial charge in [-0.1, -0.05) is 19.3 Å². The van der Waals surface area contributed by atoms with E-state index < -0.39 is 5.97 Å². The van der Waals surface area contributed by atoms with Gasteiger partial charge in [0.15, 0.2) is 0 Å². The van der Waals surface area contributed by atoms with Crippen molar-refractivity contribution in [3.63, 3.8) is 0 Å². The summed E-state index contributed by atoms with van der Waals surface area (Å²) in [7, 11) is 0. The molecule has 17 heavy (non-hydrogen) atoms. The van der Waals surface area contributed by atoms with Gasteiger partial charge in [-0.15, -0.1) is 0 Å². The van der Waals surface area contributed by atoms with Gasteiger partial charge in [-0.2, -0.15) is 0 Å². The average molecular weight is 239 g/mol. The maximum absolute atomic E-state index is 11.8. The first-order valence-electron chi connectivity index (χ1n) is 6.67.